The molecular weight excluding hydrogens is 716 g/mol. The summed E-state index contributed by atoms with van der Waals surface area (Å²) in [6.45, 7) is 0. The average molecular weight is 716 g/mol. The Morgan fingerprint density at radius 2 is 0.344 bits per heavy atom. The van der Waals surface area contributed by atoms with E-state index in [-0.39, 0.29) is 39.6 Å². The first-order chi connectivity index (χ1) is 12.6. The van der Waals surface area contributed by atoms with Crippen LogP contribution >= 0.6 is 0 Å². The van der Waals surface area contributed by atoms with Crippen LogP contribution in [-0.4, -0.2) is 117 Å². The van der Waals surface area contributed by atoms with Gasteiger partial charge in [-0.15, -0.1) is 26.0 Å². The molecule has 0 saturated carbocycles. The average Bonchev–Trinajstić information content (AvgIpc) is 2.38. The molecule has 0 aliphatic carbocycles. The Bertz CT molecular complexity index is 893. The molecule has 24 nitrogen and oxygen atoms in total. The molecule has 0 heterocycles. The zero-order chi connectivity index (χ0) is 25.2. The molecule has 0 aliphatic rings. The summed E-state index contributed by atoms with van der Waals surface area (Å²) in [7, 11) is -31.9. The topological polar surface area (TPSA) is 399 Å². The minimum absolute atomic E-state index is 0. The van der Waals surface area contributed by atoms with Gasteiger partial charge in [0.25, 0.3) is 0 Å². The summed E-state index contributed by atoms with van der Waals surface area (Å²) in [5, 5.41) is 0. The van der Waals surface area contributed by atoms with Gasteiger partial charge in [-0.1, -0.05) is 0 Å². The van der Waals surface area contributed by atoms with E-state index < -0.39 is 62.4 Å². The third-order valence-corrected chi connectivity index (χ3v) is 2.25. The first-order valence-corrected chi connectivity index (χ1v) is 12.5. The fourth-order valence-electron chi connectivity index (χ4n) is 0.204. The first-order valence-electron chi connectivity index (χ1n) is 4.50. The van der Waals surface area contributed by atoms with Crippen LogP contribution in [0.3, 0.4) is 0 Å². The van der Waals surface area contributed by atoms with Gasteiger partial charge in [-0.25, -0.2) is 50.5 Å². The van der Waals surface area contributed by atoms with Crippen molar-refractivity contribution >= 4 is 102 Å². The van der Waals surface area contributed by atoms with Gasteiger partial charge < -0.3 is 27.3 Å². The molecule has 0 unspecified atom stereocenters. The zero-order valence-electron chi connectivity index (χ0n) is 13.4. The second-order valence-corrected chi connectivity index (χ2v) is 8.57. The van der Waals surface area contributed by atoms with Crippen molar-refractivity contribution in [2.24, 2.45) is 0 Å². The molecule has 0 rings (SSSR count). The molecule has 0 aliphatic heterocycles. The summed E-state index contributed by atoms with van der Waals surface area (Å²) in [6.07, 6.45) is 0. The fourth-order valence-corrected chi connectivity index (χ4v) is 1.84. The Balaban J connectivity index is -0.000000110. The molecule has 0 radical (unpaired) electrons. The van der Waals surface area contributed by atoms with E-state index in [1.165, 1.54) is 0 Å². The monoisotopic (exact) mass is 714 g/mol. The van der Waals surface area contributed by atoms with Gasteiger partial charge in [0, 0.05) is 0 Å². The van der Waals surface area contributed by atoms with Crippen molar-refractivity contribution in [1.82, 2.24) is 0 Å². The summed E-state index contributed by atoms with van der Waals surface area (Å²) in [5.41, 5.74) is 0. The zero-order valence-corrected chi connectivity index (χ0v) is 23.1. The summed E-state index contributed by atoms with van der Waals surface area (Å²) >= 11 is 0. The van der Waals surface area contributed by atoms with Crippen molar-refractivity contribution in [1.29, 1.82) is 0 Å². The molecule has 186 valence electrons. The molecule has 0 fully saturated rings. The van der Waals surface area contributed by atoms with E-state index in [1.54, 1.807) is 0 Å². The fraction of sp³-hybridized carbons (Fsp3) is 0. The second-order valence-electron chi connectivity index (χ2n) is 2.86. The Morgan fingerprint density at radius 1 is 0.281 bits per heavy atom. The third-order valence-electron chi connectivity index (χ3n) is 0.583. The van der Waals surface area contributed by atoms with Crippen molar-refractivity contribution in [2.75, 3.05) is 0 Å². The normalized spacial score (nSPS) is 12.6. The summed E-state index contributed by atoms with van der Waals surface area (Å²) < 4.78 is 184. The van der Waals surface area contributed by atoms with Crippen LogP contribution in [0.1, 0.15) is 0 Å². The van der Waals surface area contributed by atoms with E-state index >= 15 is 0 Å². The molecule has 0 aromatic heterocycles. The number of hydrogen-bond donors (Lipinski definition) is 0. The second kappa shape index (κ2) is 16.2. The van der Waals surface area contributed by atoms with Gasteiger partial charge in [0.05, 0.1) is 0 Å². The molecule has 0 atom stereocenters. The van der Waals surface area contributed by atoms with Gasteiger partial charge in [0.15, 0.2) is 0 Å². The van der Waals surface area contributed by atoms with Crippen molar-refractivity contribution in [3.05, 3.63) is 0 Å². The molecule has 0 spiro atoms. The Hall–Kier alpha value is 0.493. The molecule has 32 heteroatoms. The maximum Gasteiger partial charge on any atom is 3.00 e. The van der Waals surface area contributed by atoms with Crippen LogP contribution in [0.4, 0.5) is 0 Å². The summed E-state index contributed by atoms with van der Waals surface area (Å²) in [6, 6.07) is 0. The van der Waals surface area contributed by atoms with Gasteiger partial charge in [0.1, 0.15) is 0 Å². The van der Waals surface area contributed by atoms with Gasteiger partial charge in [-0.3, -0.25) is 0 Å². The standard InChI is InChI=1S/2Ga.3H2O8S2/c;;3*1-9(2,3)7-8-10(4,5)6/h;;3*(H,1,2,3)(H,4,5,6)/q2*+3;;;/p-6. The number of rotatable bonds is 9. The molecule has 32 heavy (non-hydrogen) atoms. The Morgan fingerprint density at radius 3 is 0.375 bits per heavy atom. The molecule has 0 aromatic carbocycles. The maximum atomic E-state index is 9.37. The van der Waals surface area contributed by atoms with Gasteiger partial charge in [0.2, 0.25) is 62.4 Å². The predicted molar refractivity (Wildman–Crippen MR) is 76.2 cm³/mol. The van der Waals surface area contributed by atoms with Gasteiger partial charge >= 0.3 is 39.6 Å². The third kappa shape index (κ3) is 57.4. The van der Waals surface area contributed by atoms with Crippen LogP contribution in [0.15, 0.2) is 0 Å². The Labute approximate surface area is 204 Å². The molecular formula is Ga2O24S6. The largest absolute Gasteiger partial charge is 3.00 e. The minimum Gasteiger partial charge on any atom is -0.724 e. The van der Waals surface area contributed by atoms with Crippen LogP contribution < -0.4 is 0 Å². The maximum absolute atomic E-state index is 9.37. The van der Waals surface area contributed by atoms with Crippen LogP contribution in [0, 0.1) is 0 Å². The van der Waals surface area contributed by atoms with Crippen molar-refractivity contribution in [2.45, 2.75) is 0 Å². The van der Waals surface area contributed by atoms with Gasteiger partial charge in [-0.05, 0) is 0 Å². The smallest absolute Gasteiger partial charge is 0.724 e. The van der Waals surface area contributed by atoms with Crippen molar-refractivity contribution in [3.8, 4) is 0 Å². The van der Waals surface area contributed by atoms with E-state index in [1.807, 2.05) is 0 Å². The number of hydrogen-bond acceptors (Lipinski definition) is 24. The SMILES string of the molecule is O=S(=O)([O-])OOS(=O)(=O)[O-].O=S(=O)([O-])OOS(=O)(=O)[O-].O=S(=O)([O-])OOS(=O)(=O)[O-].[Ga+3].[Ga+3]. The van der Waals surface area contributed by atoms with Gasteiger partial charge in [-0.2, -0.15) is 0 Å². The van der Waals surface area contributed by atoms with E-state index in [2.05, 4.69) is 26.0 Å². The molecule has 0 amide bonds. The quantitative estimate of drug-likeness (QED) is 0.0703. The van der Waals surface area contributed by atoms with Crippen LogP contribution in [0.25, 0.3) is 0 Å². The molecule has 0 N–H and O–H groups in total. The van der Waals surface area contributed by atoms with Crippen LogP contribution in [0.5, 0.6) is 0 Å². The molecule has 0 saturated heterocycles. The summed E-state index contributed by atoms with van der Waals surface area (Å²) in [4.78, 5) is 0. The predicted octanol–water partition coefficient (Wildman–Crippen LogP) is -7.20. The van der Waals surface area contributed by atoms with E-state index in [9.17, 15) is 77.8 Å². The minimum atomic E-state index is -5.31. The van der Waals surface area contributed by atoms with Crippen molar-refractivity contribution in [3.63, 3.8) is 0 Å². The van der Waals surface area contributed by atoms with E-state index in [0.717, 1.165) is 0 Å². The van der Waals surface area contributed by atoms with Crippen molar-refractivity contribution < 1.29 is 104 Å². The first kappa shape index (κ1) is 42.6. The van der Waals surface area contributed by atoms with E-state index in [4.69, 9.17) is 0 Å². The van der Waals surface area contributed by atoms with Crippen LogP contribution in [0.2, 0.25) is 0 Å². The molecule has 0 aromatic rings. The van der Waals surface area contributed by atoms with Crippen LogP contribution in [-0.2, 0) is 88.4 Å². The molecule has 0 bridgehead atoms. The Kier molecular flexibility index (Phi) is 21.6. The van der Waals surface area contributed by atoms with E-state index in [0.29, 0.717) is 0 Å². The summed E-state index contributed by atoms with van der Waals surface area (Å²) in [5.74, 6) is 0.